The van der Waals surface area contributed by atoms with Crippen molar-refractivity contribution in [2.75, 3.05) is 7.05 Å². The summed E-state index contributed by atoms with van der Waals surface area (Å²) in [7, 11) is 1.39. The van der Waals surface area contributed by atoms with Gasteiger partial charge in [0.25, 0.3) is 11.8 Å². The molecule has 0 saturated heterocycles. The average molecular weight is 412 g/mol. The third-order valence-corrected chi connectivity index (χ3v) is 5.76. The smallest absolute Gasteiger partial charge is 0.258 e. The summed E-state index contributed by atoms with van der Waals surface area (Å²) >= 11 is 7.37. The Hall–Kier alpha value is -2.88. The van der Waals surface area contributed by atoms with Crippen molar-refractivity contribution in [2.24, 2.45) is 0 Å². The van der Waals surface area contributed by atoms with Crippen LogP contribution >= 0.6 is 22.9 Å². The van der Waals surface area contributed by atoms with E-state index >= 15 is 0 Å². The zero-order valence-corrected chi connectivity index (χ0v) is 16.8. The lowest BCUT2D eigenvalue weighted by Gasteiger charge is -2.20. The number of amides is 2. The lowest BCUT2D eigenvalue weighted by Crippen LogP contribution is -2.47. The number of carbonyl (C=O) groups is 2. The largest absolute Gasteiger partial charge is 0.340 e. The Morgan fingerprint density at radius 1 is 1.21 bits per heavy atom. The second-order valence-corrected chi connectivity index (χ2v) is 7.49. The van der Waals surface area contributed by atoms with Crippen LogP contribution in [0.1, 0.15) is 21.5 Å². The molecule has 2 amide bonds. The minimum Gasteiger partial charge on any atom is -0.340 e. The minimum absolute atomic E-state index is 0.306. The molecule has 1 aromatic heterocycles. The molecule has 1 unspecified atom stereocenters. The fraction of sp³-hybridized carbons (Fsp3) is 0.190. The van der Waals surface area contributed by atoms with Crippen molar-refractivity contribution in [1.29, 1.82) is 5.26 Å². The SMILES string of the molecule is CN(C#N)C(=O)C(Cc1csc2ccccc12)NC(=O)c1ccc(CCl)cc1. The first-order valence-electron chi connectivity index (χ1n) is 8.61. The molecule has 1 atom stereocenters. The molecule has 1 heterocycles. The van der Waals surface area contributed by atoms with Crippen LogP contribution in [0, 0.1) is 11.5 Å². The number of nitrogens with one attached hydrogen (secondary N) is 1. The molecule has 7 heteroatoms. The lowest BCUT2D eigenvalue weighted by molar-refractivity contribution is -0.129. The van der Waals surface area contributed by atoms with Gasteiger partial charge in [0, 0.05) is 29.6 Å². The van der Waals surface area contributed by atoms with Crippen molar-refractivity contribution >= 4 is 44.8 Å². The summed E-state index contributed by atoms with van der Waals surface area (Å²) in [5, 5.41) is 14.9. The van der Waals surface area contributed by atoms with Crippen molar-refractivity contribution in [3.8, 4) is 6.19 Å². The summed E-state index contributed by atoms with van der Waals surface area (Å²) < 4.78 is 1.11. The Labute approximate surface area is 172 Å². The molecule has 0 spiro atoms. The van der Waals surface area contributed by atoms with E-state index in [-0.39, 0.29) is 5.91 Å². The molecule has 0 bridgehead atoms. The van der Waals surface area contributed by atoms with Crippen molar-refractivity contribution < 1.29 is 9.59 Å². The van der Waals surface area contributed by atoms with Crippen molar-refractivity contribution in [3.05, 3.63) is 70.6 Å². The first-order valence-corrected chi connectivity index (χ1v) is 10.0. The number of nitriles is 1. The molecule has 0 aliphatic heterocycles. The number of thiophene rings is 1. The Morgan fingerprint density at radius 2 is 1.93 bits per heavy atom. The third kappa shape index (κ3) is 4.33. The van der Waals surface area contributed by atoms with Gasteiger partial charge in [-0.3, -0.25) is 14.5 Å². The number of hydrogen-bond donors (Lipinski definition) is 1. The fourth-order valence-corrected chi connectivity index (χ4v) is 4.03. The second kappa shape index (κ2) is 8.87. The maximum Gasteiger partial charge on any atom is 0.258 e. The summed E-state index contributed by atoms with van der Waals surface area (Å²) in [6.07, 6.45) is 2.12. The number of carbonyl (C=O) groups excluding carboxylic acids is 2. The molecule has 2 aromatic carbocycles. The van der Waals surface area contributed by atoms with Crippen LogP contribution in [0.25, 0.3) is 10.1 Å². The highest BCUT2D eigenvalue weighted by atomic mass is 35.5. The van der Waals surface area contributed by atoms with Crippen LogP contribution in [0.5, 0.6) is 0 Å². The van der Waals surface area contributed by atoms with Gasteiger partial charge in [0.05, 0.1) is 0 Å². The zero-order valence-electron chi connectivity index (χ0n) is 15.2. The number of benzene rings is 2. The first kappa shape index (κ1) is 19.9. The Morgan fingerprint density at radius 3 is 2.61 bits per heavy atom. The number of hydrogen-bond acceptors (Lipinski definition) is 4. The van der Waals surface area contributed by atoms with Gasteiger partial charge in [-0.1, -0.05) is 30.3 Å². The molecule has 0 fully saturated rings. The van der Waals surface area contributed by atoms with Crippen molar-refractivity contribution in [3.63, 3.8) is 0 Å². The van der Waals surface area contributed by atoms with Crippen LogP contribution in [0.3, 0.4) is 0 Å². The molecule has 0 aliphatic rings. The summed E-state index contributed by atoms with van der Waals surface area (Å²) in [6.45, 7) is 0. The highest BCUT2D eigenvalue weighted by molar-refractivity contribution is 7.17. The maximum atomic E-state index is 12.7. The topological polar surface area (TPSA) is 73.2 Å². The number of rotatable bonds is 6. The van der Waals surface area contributed by atoms with Crippen LogP contribution < -0.4 is 5.32 Å². The monoisotopic (exact) mass is 411 g/mol. The Bertz CT molecular complexity index is 1040. The number of nitrogens with zero attached hydrogens (tertiary/aromatic N) is 2. The summed E-state index contributed by atoms with van der Waals surface area (Å²) in [5.74, 6) is -0.463. The second-order valence-electron chi connectivity index (χ2n) is 6.32. The first-order chi connectivity index (χ1) is 13.5. The predicted molar refractivity (Wildman–Crippen MR) is 111 cm³/mol. The van der Waals surface area contributed by atoms with Crippen LogP contribution in [0.2, 0.25) is 0 Å². The maximum absolute atomic E-state index is 12.7. The highest BCUT2D eigenvalue weighted by Gasteiger charge is 2.26. The highest BCUT2D eigenvalue weighted by Crippen LogP contribution is 2.26. The van der Waals surface area contributed by atoms with Gasteiger partial charge in [0.15, 0.2) is 6.19 Å². The molecule has 1 N–H and O–H groups in total. The van der Waals surface area contributed by atoms with E-state index in [0.29, 0.717) is 17.9 Å². The van der Waals surface area contributed by atoms with Gasteiger partial charge < -0.3 is 5.32 Å². The standard InChI is InChI=1S/C21H18ClN3O2S/c1-25(13-23)21(27)18(10-16-12-28-19-5-3-2-4-17(16)19)24-20(26)15-8-6-14(11-22)7-9-15/h2-9,12,18H,10-11H2,1H3,(H,24,26). The van der Waals surface area contributed by atoms with Gasteiger partial charge in [0.2, 0.25) is 0 Å². The van der Waals surface area contributed by atoms with Gasteiger partial charge in [-0.25, -0.2) is 0 Å². The quantitative estimate of drug-likeness (QED) is 0.379. The molecule has 3 rings (SSSR count). The van der Waals surface area contributed by atoms with Gasteiger partial charge >= 0.3 is 0 Å². The van der Waals surface area contributed by atoms with E-state index < -0.39 is 11.9 Å². The van der Waals surface area contributed by atoms with E-state index in [9.17, 15) is 9.59 Å². The van der Waals surface area contributed by atoms with Crippen molar-refractivity contribution in [2.45, 2.75) is 18.3 Å². The van der Waals surface area contributed by atoms with Crippen LogP contribution in [0.15, 0.2) is 53.9 Å². The third-order valence-electron chi connectivity index (χ3n) is 4.44. The molecule has 3 aromatic rings. The summed E-state index contributed by atoms with van der Waals surface area (Å²) in [4.78, 5) is 26.3. The Kier molecular flexibility index (Phi) is 6.30. The predicted octanol–water partition coefficient (Wildman–Crippen LogP) is 3.92. The number of likely N-dealkylation sites (N-methyl/N-ethyl adjacent to an activating group) is 1. The van der Waals surface area contributed by atoms with Gasteiger partial charge in [-0.05, 0) is 40.1 Å². The van der Waals surface area contributed by atoms with Crippen LogP contribution in [-0.2, 0) is 17.1 Å². The van der Waals surface area contributed by atoms with Gasteiger partial charge in [0.1, 0.15) is 6.04 Å². The number of fused-ring (bicyclic) bond motifs is 1. The molecule has 0 aliphatic carbocycles. The van der Waals surface area contributed by atoms with E-state index in [2.05, 4.69) is 5.32 Å². The Balaban J connectivity index is 1.85. The fourth-order valence-electron chi connectivity index (χ4n) is 2.88. The van der Waals surface area contributed by atoms with E-state index in [1.807, 2.05) is 35.8 Å². The molecule has 0 saturated carbocycles. The van der Waals surface area contributed by atoms with E-state index in [1.165, 1.54) is 7.05 Å². The van der Waals surface area contributed by atoms with E-state index in [0.717, 1.165) is 26.1 Å². The normalized spacial score (nSPS) is 11.6. The average Bonchev–Trinajstić information content (AvgIpc) is 3.15. The molecule has 28 heavy (non-hydrogen) atoms. The lowest BCUT2D eigenvalue weighted by atomic mass is 10.0. The summed E-state index contributed by atoms with van der Waals surface area (Å²) in [6, 6.07) is 13.9. The van der Waals surface area contributed by atoms with Crippen LogP contribution in [-0.4, -0.2) is 29.8 Å². The zero-order chi connectivity index (χ0) is 20.1. The number of alkyl halides is 1. The number of halogens is 1. The van der Waals surface area contributed by atoms with E-state index in [4.69, 9.17) is 16.9 Å². The minimum atomic E-state index is -0.845. The van der Waals surface area contributed by atoms with E-state index in [1.54, 1.807) is 35.6 Å². The molecule has 0 radical (unpaired) electrons. The molecular formula is C21H18ClN3O2S. The molecule has 142 valence electrons. The van der Waals surface area contributed by atoms with Crippen molar-refractivity contribution in [1.82, 2.24) is 10.2 Å². The van der Waals surface area contributed by atoms with Gasteiger partial charge in [-0.2, -0.15) is 5.26 Å². The summed E-state index contributed by atoms with van der Waals surface area (Å²) in [5.41, 5.74) is 2.30. The van der Waals surface area contributed by atoms with Gasteiger partial charge in [-0.15, -0.1) is 22.9 Å². The molecular weight excluding hydrogens is 394 g/mol. The van der Waals surface area contributed by atoms with Crippen LogP contribution in [0.4, 0.5) is 0 Å². The molecule has 5 nitrogen and oxygen atoms in total.